The maximum Gasteiger partial charge on any atom is 0.166 e. The summed E-state index contributed by atoms with van der Waals surface area (Å²) in [5.41, 5.74) is 1.87. The first-order chi connectivity index (χ1) is 6.72. The Kier molecular flexibility index (Phi) is 2.28. The molecule has 0 unspecified atom stereocenters. The van der Waals surface area contributed by atoms with Gasteiger partial charge in [0.15, 0.2) is 5.78 Å². The van der Waals surface area contributed by atoms with Crippen molar-refractivity contribution in [3.8, 4) is 5.75 Å². The van der Waals surface area contributed by atoms with Crippen LogP contribution in [0.25, 0.3) is 0 Å². The van der Waals surface area contributed by atoms with E-state index < -0.39 is 0 Å². The average Bonchev–Trinajstić information content (AvgIpc) is 3.01. The quantitative estimate of drug-likeness (QED) is 0.685. The van der Waals surface area contributed by atoms with E-state index in [9.17, 15) is 4.79 Å². The smallest absolute Gasteiger partial charge is 0.166 e. The molecule has 14 heavy (non-hydrogen) atoms. The third-order valence-electron chi connectivity index (χ3n) is 2.66. The fourth-order valence-electron chi connectivity index (χ4n) is 1.56. The molecular weight excluding hydrogens is 176 g/mol. The van der Waals surface area contributed by atoms with E-state index in [4.69, 9.17) is 4.74 Å². The number of benzene rings is 1. The van der Waals surface area contributed by atoms with Gasteiger partial charge in [0.2, 0.25) is 0 Å². The molecule has 2 heteroatoms. The van der Waals surface area contributed by atoms with Gasteiger partial charge in [-0.25, -0.2) is 0 Å². The standard InChI is InChI=1S/C12H14O2/c1-8-3-6-10(14-2)7-11(8)12(13)9-4-5-9/h3,6-7,9H,4-5H2,1-2H3. The Hall–Kier alpha value is -1.31. The summed E-state index contributed by atoms with van der Waals surface area (Å²) >= 11 is 0. The molecule has 0 saturated heterocycles. The lowest BCUT2D eigenvalue weighted by molar-refractivity contribution is 0.0966. The van der Waals surface area contributed by atoms with Crippen molar-refractivity contribution in [3.63, 3.8) is 0 Å². The van der Waals surface area contributed by atoms with Crippen molar-refractivity contribution in [1.29, 1.82) is 0 Å². The molecule has 74 valence electrons. The number of ether oxygens (including phenoxy) is 1. The second kappa shape index (κ2) is 3.45. The lowest BCUT2D eigenvalue weighted by Crippen LogP contribution is -2.04. The minimum absolute atomic E-state index is 0.279. The highest BCUT2D eigenvalue weighted by atomic mass is 16.5. The zero-order valence-corrected chi connectivity index (χ0v) is 8.54. The van der Waals surface area contributed by atoms with Gasteiger partial charge in [-0.05, 0) is 37.5 Å². The summed E-state index contributed by atoms with van der Waals surface area (Å²) in [6, 6.07) is 5.67. The number of hydrogen-bond donors (Lipinski definition) is 0. The lowest BCUT2D eigenvalue weighted by Gasteiger charge is -2.06. The maximum atomic E-state index is 11.8. The Labute approximate surface area is 83.9 Å². The van der Waals surface area contributed by atoms with Crippen molar-refractivity contribution in [3.05, 3.63) is 29.3 Å². The van der Waals surface area contributed by atoms with Crippen LogP contribution in [0.5, 0.6) is 5.75 Å². The third kappa shape index (κ3) is 1.65. The lowest BCUT2D eigenvalue weighted by atomic mass is 10.0. The molecular formula is C12H14O2. The van der Waals surface area contributed by atoms with Crippen LogP contribution in [0.15, 0.2) is 18.2 Å². The van der Waals surface area contributed by atoms with Gasteiger partial charge in [-0.3, -0.25) is 4.79 Å². The van der Waals surface area contributed by atoms with Crippen LogP contribution in [0, 0.1) is 12.8 Å². The monoisotopic (exact) mass is 190 g/mol. The SMILES string of the molecule is COc1ccc(C)c(C(=O)C2CC2)c1. The molecule has 0 heterocycles. The van der Waals surface area contributed by atoms with Crippen molar-refractivity contribution in [1.82, 2.24) is 0 Å². The van der Waals surface area contributed by atoms with E-state index in [0.29, 0.717) is 0 Å². The number of Topliss-reactive ketones (excluding diaryl/α,β-unsaturated/α-hetero) is 1. The highest BCUT2D eigenvalue weighted by Crippen LogP contribution is 2.34. The fourth-order valence-corrected chi connectivity index (χ4v) is 1.56. The molecule has 0 N–H and O–H groups in total. The first-order valence-electron chi connectivity index (χ1n) is 4.91. The molecule has 0 bridgehead atoms. The van der Waals surface area contributed by atoms with Crippen LogP contribution in [0.3, 0.4) is 0 Å². The summed E-state index contributed by atoms with van der Waals surface area (Å²) in [7, 11) is 1.62. The zero-order chi connectivity index (χ0) is 10.1. The molecule has 1 fully saturated rings. The second-order valence-corrected chi connectivity index (χ2v) is 3.82. The van der Waals surface area contributed by atoms with Gasteiger partial charge in [0.05, 0.1) is 7.11 Å². The van der Waals surface area contributed by atoms with Gasteiger partial charge < -0.3 is 4.74 Å². The summed E-state index contributed by atoms with van der Waals surface area (Å²) in [4.78, 5) is 11.8. The minimum Gasteiger partial charge on any atom is -0.497 e. The van der Waals surface area contributed by atoms with E-state index >= 15 is 0 Å². The molecule has 0 atom stereocenters. The number of methoxy groups -OCH3 is 1. The van der Waals surface area contributed by atoms with Crippen molar-refractivity contribution < 1.29 is 9.53 Å². The van der Waals surface area contributed by atoms with E-state index in [2.05, 4.69) is 0 Å². The number of hydrogen-bond acceptors (Lipinski definition) is 2. The van der Waals surface area contributed by atoms with Crippen LogP contribution in [0.4, 0.5) is 0 Å². The van der Waals surface area contributed by atoms with Crippen LogP contribution in [-0.4, -0.2) is 12.9 Å². The van der Waals surface area contributed by atoms with E-state index in [1.165, 1.54) is 0 Å². The van der Waals surface area contributed by atoms with E-state index in [-0.39, 0.29) is 11.7 Å². The highest BCUT2D eigenvalue weighted by Gasteiger charge is 2.31. The van der Waals surface area contributed by atoms with Crippen molar-refractivity contribution in [2.45, 2.75) is 19.8 Å². The van der Waals surface area contributed by atoms with Gasteiger partial charge in [-0.1, -0.05) is 6.07 Å². The zero-order valence-electron chi connectivity index (χ0n) is 8.54. The number of rotatable bonds is 3. The van der Waals surface area contributed by atoms with E-state index in [1.807, 2.05) is 25.1 Å². The molecule has 0 amide bonds. The topological polar surface area (TPSA) is 26.3 Å². The molecule has 1 aliphatic rings. The molecule has 2 nitrogen and oxygen atoms in total. The number of ketones is 1. The summed E-state index contributed by atoms with van der Waals surface area (Å²) in [5.74, 6) is 1.32. The van der Waals surface area contributed by atoms with Crippen molar-refractivity contribution in [2.75, 3.05) is 7.11 Å². The van der Waals surface area contributed by atoms with Gasteiger partial charge in [-0.2, -0.15) is 0 Å². The first-order valence-corrected chi connectivity index (χ1v) is 4.91. The molecule has 1 aliphatic carbocycles. The number of carbonyl (C=O) groups is 1. The molecule has 1 saturated carbocycles. The normalized spacial score (nSPS) is 15.3. The predicted molar refractivity (Wildman–Crippen MR) is 54.8 cm³/mol. The van der Waals surface area contributed by atoms with Gasteiger partial charge in [0.1, 0.15) is 5.75 Å². The van der Waals surface area contributed by atoms with Crippen LogP contribution in [0.1, 0.15) is 28.8 Å². The van der Waals surface area contributed by atoms with Crippen LogP contribution in [0.2, 0.25) is 0 Å². The second-order valence-electron chi connectivity index (χ2n) is 3.82. The van der Waals surface area contributed by atoms with Crippen LogP contribution < -0.4 is 4.74 Å². The Morgan fingerprint density at radius 1 is 1.43 bits per heavy atom. The minimum atomic E-state index is 0.279. The van der Waals surface area contributed by atoms with E-state index in [1.54, 1.807) is 7.11 Å². The first kappa shape index (κ1) is 9.25. The third-order valence-corrected chi connectivity index (χ3v) is 2.66. The average molecular weight is 190 g/mol. The van der Waals surface area contributed by atoms with E-state index in [0.717, 1.165) is 29.7 Å². The van der Waals surface area contributed by atoms with Crippen molar-refractivity contribution in [2.24, 2.45) is 5.92 Å². The van der Waals surface area contributed by atoms with Gasteiger partial charge in [0, 0.05) is 11.5 Å². The molecule has 1 aromatic rings. The Bertz CT molecular complexity index is 365. The van der Waals surface area contributed by atoms with Crippen LogP contribution >= 0.6 is 0 Å². The molecule has 0 aromatic heterocycles. The van der Waals surface area contributed by atoms with Gasteiger partial charge >= 0.3 is 0 Å². The highest BCUT2D eigenvalue weighted by molar-refractivity contribution is 6.00. The Morgan fingerprint density at radius 2 is 2.14 bits per heavy atom. The fraction of sp³-hybridized carbons (Fsp3) is 0.417. The Balaban J connectivity index is 2.34. The van der Waals surface area contributed by atoms with Crippen molar-refractivity contribution >= 4 is 5.78 Å². The largest absolute Gasteiger partial charge is 0.497 e. The molecule has 0 spiro atoms. The number of carbonyl (C=O) groups excluding carboxylic acids is 1. The maximum absolute atomic E-state index is 11.8. The Morgan fingerprint density at radius 3 is 2.71 bits per heavy atom. The summed E-state index contributed by atoms with van der Waals surface area (Å²) in [5, 5.41) is 0. The summed E-state index contributed by atoms with van der Waals surface area (Å²) in [6.45, 7) is 1.97. The molecule has 0 aliphatic heterocycles. The molecule has 1 aromatic carbocycles. The summed E-state index contributed by atoms with van der Waals surface area (Å²) < 4.78 is 5.11. The van der Waals surface area contributed by atoms with Gasteiger partial charge in [-0.15, -0.1) is 0 Å². The van der Waals surface area contributed by atoms with Gasteiger partial charge in [0.25, 0.3) is 0 Å². The number of aryl methyl sites for hydroxylation is 1. The predicted octanol–water partition coefficient (Wildman–Crippen LogP) is 2.60. The molecule has 0 radical (unpaired) electrons. The molecule has 2 rings (SSSR count). The van der Waals surface area contributed by atoms with Crippen LogP contribution in [-0.2, 0) is 0 Å². The summed E-state index contributed by atoms with van der Waals surface area (Å²) in [6.07, 6.45) is 2.10.